The summed E-state index contributed by atoms with van der Waals surface area (Å²) in [5.74, 6) is -1.60. The third-order valence-corrected chi connectivity index (χ3v) is 6.00. The number of benzene rings is 1. The molecule has 200 valence electrons. The second-order valence-corrected chi connectivity index (χ2v) is 9.53. The first-order valence-corrected chi connectivity index (χ1v) is 12.0. The van der Waals surface area contributed by atoms with Gasteiger partial charge in [-0.3, -0.25) is 9.59 Å². The van der Waals surface area contributed by atoms with E-state index in [0.29, 0.717) is 21.7 Å². The molecule has 9 nitrogen and oxygen atoms in total. The van der Waals surface area contributed by atoms with E-state index in [9.17, 15) is 22.8 Å². The maximum atomic E-state index is 13.6. The highest BCUT2D eigenvalue weighted by atomic mass is 35.5. The number of carbonyl (C=O) groups excluding carboxylic acids is 2. The van der Waals surface area contributed by atoms with Crippen LogP contribution in [0.2, 0.25) is 10.0 Å². The molecule has 0 radical (unpaired) electrons. The molecule has 0 aliphatic carbocycles. The summed E-state index contributed by atoms with van der Waals surface area (Å²) in [4.78, 5) is 30.8. The van der Waals surface area contributed by atoms with Gasteiger partial charge in [0.05, 0.1) is 33.0 Å². The fourth-order valence-electron chi connectivity index (χ4n) is 3.87. The molecule has 0 saturated heterocycles. The monoisotopic (exact) mass is 568 g/mol. The Labute approximate surface area is 224 Å². The van der Waals surface area contributed by atoms with Crippen molar-refractivity contribution in [2.45, 2.75) is 33.2 Å². The largest absolute Gasteiger partial charge is 0.435 e. The predicted molar refractivity (Wildman–Crippen MR) is 135 cm³/mol. The highest BCUT2D eigenvalue weighted by Crippen LogP contribution is 2.36. The molecule has 1 N–H and O–H groups in total. The Balaban J connectivity index is 1.89. The van der Waals surface area contributed by atoms with Crippen molar-refractivity contribution in [3.8, 4) is 5.82 Å². The van der Waals surface area contributed by atoms with Crippen molar-refractivity contribution in [2.75, 3.05) is 12.4 Å². The number of nitrogens with one attached hydrogen (secondary N) is 1. The van der Waals surface area contributed by atoms with Gasteiger partial charge in [0.2, 0.25) is 0 Å². The number of hydrogen-bond donors (Lipinski definition) is 1. The number of halogens is 5. The standard InChI is InChI=1S/C24H21Cl2F3N6O3/c1-12(2)7-17(36)19-20(15(26)8-13-10-31-34(11-38-3)21(13)19)32-23(37)16-9-18(24(27,28)29)33-35(16)22-14(25)5-4-6-30-22/h4-6,8-10,12H,7,11H2,1-3H3,(H,32,37). The molecule has 3 heterocycles. The van der Waals surface area contributed by atoms with Gasteiger partial charge in [0, 0.05) is 31.2 Å². The normalized spacial score (nSPS) is 11.9. The Bertz CT molecular complexity index is 1530. The van der Waals surface area contributed by atoms with E-state index < -0.39 is 23.5 Å². The summed E-state index contributed by atoms with van der Waals surface area (Å²) in [6, 6.07) is 4.93. The molecule has 38 heavy (non-hydrogen) atoms. The summed E-state index contributed by atoms with van der Waals surface area (Å²) in [5, 5.41) is 10.8. The van der Waals surface area contributed by atoms with Gasteiger partial charge in [-0.05, 0) is 24.1 Å². The number of ketones is 1. The second kappa shape index (κ2) is 10.7. The topological polar surface area (TPSA) is 104 Å². The lowest BCUT2D eigenvalue weighted by Gasteiger charge is -2.16. The minimum Gasteiger partial charge on any atom is -0.362 e. The van der Waals surface area contributed by atoms with Gasteiger partial charge in [-0.2, -0.15) is 23.4 Å². The van der Waals surface area contributed by atoms with Gasteiger partial charge in [-0.1, -0.05) is 37.0 Å². The van der Waals surface area contributed by atoms with Crippen molar-refractivity contribution in [2.24, 2.45) is 5.92 Å². The smallest absolute Gasteiger partial charge is 0.362 e. The fraction of sp³-hybridized carbons (Fsp3) is 0.292. The number of hydrogen-bond acceptors (Lipinski definition) is 6. The van der Waals surface area contributed by atoms with E-state index in [1.165, 1.54) is 42.4 Å². The van der Waals surface area contributed by atoms with Crippen molar-refractivity contribution < 1.29 is 27.5 Å². The molecule has 4 aromatic rings. The number of Topliss-reactive ketones (excluding diaryl/α,β-unsaturated/α-hetero) is 1. The van der Waals surface area contributed by atoms with Gasteiger partial charge < -0.3 is 10.1 Å². The highest BCUT2D eigenvalue weighted by molar-refractivity contribution is 6.36. The van der Waals surface area contributed by atoms with E-state index in [1.807, 2.05) is 13.8 Å². The zero-order valence-corrected chi connectivity index (χ0v) is 21.8. The molecule has 0 aliphatic rings. The van der Waals surface area contributed by atoms with Crippen LogP contribution in [-0.4, -0.2) is 43.3 Å². The number of amides is 1. The van der Waals surface area contributed by atoms with Crippen LogP contribution >= 0.6 is 23.2 Å². The number of anilines is 1. The van der Waals surface area contributed by atoms with Crippen molar-refractivity contribution in [1.82, 2.24) is 24.5 Å². The minimum absolute atomic E-state index is 0.000363. The Morgan fingerprint density at radius 1 is 1.18 bits per heavy atom. The molecular weight excluding hydrogens is 548 g/mol. The number of carbonyl (C=O) groups is 2. The van der Waals surface area contributed by atoms with Crippen LogP contribution in [0, 0.1) is 5.92 Å². The van der Waals surface area contributed by atoms with Gasteiger partial charge in [-0.15, -0.1) is 0 Å². The van der Waals surface area contributed by atoms with E-state index in [4.69, 9.17) is 27.9 Å². The summed E-state index contributed by atoms with van der Waals surface area (Å²) in [6.07, 6.45) is -1.96. The lowest BCUT2D eigenvalue weighted by molar-refractivity contribution is -0.141. The second-order valence-electron chi connectivity index (χ2n) is 8.72. The van der Waals surface area contributed by atoms with Crippen LogP contribution in [0.4, 0.5) is 18.9 Å². The maximum Gasteiger partial charge on any atom is 0.435 e. The fourth-order valence-corrected chi connectivity index (χ4v) is 4.33. The van der Waals surface area contributed by atoms with Crippen LogP contribution in [0.3, 0.4) is 0 Å². The molecule has 1 aromatic carbocycles. The van der Waals surface area contributed by atoms with Crippen LogP contribution in [-0.2, 0) is 17.6 Å². The van der Waals surface area contributed by atoms with Crippen LogP contribution < -0.4 is 5.32 Å². The molecule has 0 aliphatic heterocycles. The Hall–Kier alpha value is -3.48. The van der Waals surface area contributed by atoms with E-state index in [1.54, 1.807) is 0 Å². The van der Waals surface area contributed by atoms with Crippen molar-refractivity contribution in [3.63, 3.8) is 0 Å². The van der Waals surface area contributed by atoms with Gasteiger partial charge in [-0.25, -0.2) is 14.3 Å². The summed E-state index contributed by atoms with van der Waals surface area (Å²) in [5.41, 5.74) is -1.53. The summed E-state index contributed by atoms with van der Waals surface area (Å²) in [6.45, 7) is 3.69. The number of nitrogens with zero attached hydrogens (tertiary/aromatic N) is 5. The lowest BCUT2D eigenvalue weighted by Crippen LogP contribution is -2.20. The molecule has 14 heteroatoms. The summed E-state index contributed by atoms with van der Waals surface area (Å²) < 4.78 is 47.9. The van der Waals surface area contributed by atoms with Crippen LogP contribution in [0.15, 0.2) is 36.7 Å². The Morgan fingerprint density at radius 2 is 1.92 bits per heavy atom. The van der Waals surface area contributed by atoms with Gasteiger partial charge in [0.1, 0.15) is 12.4 Å². The lowest BCUT2D eigenvalue weighted by atomic mass is 9.97. The average Bonchev–Trinajstić information content (AvgIpc) is 3.44. The number of fused-ring (bicyclic) bond motifs is 1. The molecular formula is C24H21Cl2F3N6O3. The molecule has 0 unspecified atom stereocenters. The van der Waals surface area contributed by atoms with E-state index in [-0.39, 0.29) is 52.0 Å². The molecule has 0 atom stereocenters. The SMILES string of the molecule is COCn1ncc2cc(Cl)c(NC(=O)c3cc(C(F)(F)F)nn3-c3ncccc3Cl)c(C(=O)CC(C)C)c21. The van der Waals surface area contributed by atoms with Crippen molar-refractivity contribution >= 4 is 51.5 Å². The maximum absolute atomic E-state index is 13.6. The molecule has 1 amide bonds. The van der Waals surface area contributed by atoms with Gasteiger partial charge in [0.15, 0.2) is 17.3 Å². The number of alkyl halides is 3. The first-order valence-electron chi connectivity index (χ1n) is 11.2. The van der Waals surface area contributed by atoms with Gasteiger partial charge in [0.25, 0.3) is 5.91 Å². The predicted octanol–water partition coefficient (Wildman–Crippen LogP) is 6.03. The average molecular weight is 569 g/mol. The summed E-state index contributed by atoms with van der Waals surface area (Å²) >= 11 is 12.6. The van der Waals surface area contributed by atoms with Crippen molar-refractivity contribution in [3.05, 3.63) is 63.7 Å². The number of pyridine rings is 1. The van der Waals surface area contributed by atoms with Crippen LogP contribution in [0.1, 0.15) is 46.8 Å². The van der Waals surface area contributed by atoms with Crippen LogP contribution in [0.5, 0.6) is 0 Å². The van der Waals surface area contributed by atoms with E-state index in [0.717, 1.165) is 0 Å². The highest BCUT2D eigenvalue weighted by Gasteiger charge is 2.37. The number of ether oxygens (including phenoxy) is 1. The summed E-state index contributed by atoms with van der Waals surface area (Å²) in [7, 11) is 1.45. The molecule has 3 aromatic heterocycles. The number of rotatable bonds is 8. The zero-order chi connectivity index (χ0) is 27.8. The Morgan fingerprint density at radius 3 is 2.55 bits per heavy atom. The van der Waals surface area contributed by atoms with Crippen LogP contribution in [0.25, 0.3) is 16.7 Å². The first kappa shape index (κ1) is 27.6. The molecule has 4 rings (SSSR count). The Kier molecular flexibility index (Phi) is 7.77. The number of methoxy groups -OCH3 is 1. The zero-order valence-electron chi connectivity index (χ0n) is 20.3. The quantitative estimate of drug-likeness (QED) is 0.260. The van der Waals surface area contributed by atoms with Gasteiger partial charge >= 0.3 is 6.18 Å². The van der Waals surface area contributed by atoms with E-state index in [2.05, 4.69) is 20.5 Å². The van der Waals surface area contributed by atoms with Crippen molar-refractivity contribution in [1.29, 1.82) is 0 Å². The molecule has 0 fully saturated rings. The third kappa shape index (κ3) is 5.38. The molecule has 0 saturated carbocycles. The minimum atomic E-state index is -4.86. The first-order chi connectivity index (χ1) is 17.9. The molecule has 0 bridgehead atoms. The molecule has 0 spiro atoms. The van der Waals surface area contributed by atoms with E-state index >= 15 is 0 Å². The number of aromatic nitrogens is 5. The third-order valence-electron chi connectivity index (χ3n) is 5.41.